The molecule has 0 spiro atoms. The van der Waals surface area contributed by atoms with E-state index in [0.717, 1.165) is 12.5 Å². The topological polar surface area (TPSA) is 33.0 Å². The summed E-state index contributed by atoms with van der Waals surface area (Å²) < 4.78 is 5.55. The minimum absolute atomic E-state index is 0.517. The van der Waals surface area contributed by atoms with E-state index >= 15 is 0 Å². The highest BCUT2D eigenvalue weighted by Crippen LogP contribution is 2.23. The van der Waals surface area contributed by atoms with Gasteiger partial charge in [0.05, 0.1) is 19.1 Å². The van der Waals surface area contributed by atoms with Crippen LogP contribution in [0.15, 0.2) is 0 Å². The second-order valence-electron chi connectivity index (χ2n) is 4.91. The molecule has 0 heterocycles. The van der Waals surface area contributed by atoms with E-state index in [1.165, 1.54) is 38.5 Å². The highest BCUT2D eigenvalue weighted by Gasteiger charge is 2.13. The van der Waals surface area contributed by atoms with Crippen molar-refractivity contribution >= 4 is 0 Å². The van der Waals surface area contributed by atoms with Crippen molar-refractivity contribution in [3.63, 3.8) is 0 Å². The predicted molar refractivity (Wildman–Crippen MR) is 72.8 cm³/mol. The summed E-state index contributed by atoms with van der Waals surface area (Å²) in [5.74, 6) is 1.54. The van der Waals surface area contributed by atoms with Crippen molar-refractivity contribution in [1.82, 2.24) is 0 Å². The molecule has 100 valence electrons. The molecule has 0 aromatic heterocycles. The minimum Gasteiger partial charge on any atom is -0.380 e. The third kappa shape index (κ3) is 9.18. The molecule has 0 N–H and O–H groups in total. The van der Waals surface area contributed by atoms with E-state index in [0.29, 0.717) is 18.9 Å². The number of hydrogen-bond donors (Lipinski definition) is 0. The zero-order chi connectivity index (χ0) is 12.9. The third-order valence-corrected chi connectivity index (χ3v) is 3.50. The van der Waals surface area contributed by atoms with Gasteiger partial charge in [-0.15, -0.1) is 0 Å². The Labute approximate surface area is 107 Å². The molecule has 0 bridgehead atoms. The Morgan fingerprint density at radius 2 is 1.82 bits per heavy atom. The highest BCUT2D eigenvalue weighted by molar-refractivity contribution is 4.68. The quantitative estimate of drug-likeness (QED) is 0.496. The fraction of sp³-hybridized carbons (Fsp3) is 0.933. The molecule has 2 unspecified atom stereocenters. The summed E-state index contributed by atoms with van der Waals surface area (Å²) in [5, 5.41) is 8.44. The first-order valence-electron chi connectivity index (χ1n) is 7.23. The molecule has 0 saturated carbocycles. The van der Waals surface area contributed by atoms with Gasteiger partial charge in [0.2, 0.25) is 0 Å². The van der Waals surface area contributed by atoms with Crippen LogP contribution in [0.2, 0.25) is 0 Å². The first-order chi connectivity index (χ1) is 8.28. The van der Waals surface area contributed by atoms with Crippen molar-refractivity contribution in [3.05, 3.63) is 0 Å². The standard InChI is InChI=1S/C15H29NO/c1-4-7-9-14(5-2)12-15(6-3)13-17-11-8-10-16/h14-15H,4-9,11-13H2,1-3H3. The Morgan fingerprint density at radius 3 is 2.35 bits per heavy atom. The van der Waals surface area contributed by atoms with E-state index in [2.05, 4.69) is 26.8 Å². The number of hydrogen-bond acceptors (Lipinski definition) is 2. The third-order valence-electron chi connectivity index (χ3n) is 3.50. The largest absolute Gasteiger partial charge is 0.380 e. The van der Waals surface area contributed by atoms with Gasteiger partial charge >= 0.3 is 0 Å². The second-order valence-corrected chi connectivity index (χ2v) is 4.91. The van der Waals surface area contributed by atoms with Gasteiger partial charge in [-0.05, 0) is 18.3 Å². The molecule has 0 amide bonds. The maximum absolute atomic E-state index is 8.44. The predicted octanol–water partition coefficient (Wildman–Crippen LogP) is 4.55. The molecule has 17 heavy (non-hydrogen) atoms. The van der Waals surface area contributed by atoms with Crippen LogP contribution in [0, 0.1) is 23.2 Å². The monoisotopic (exact) mass is 239 g/mol. The molecule has 0 radical (unpaired) electrons. The molecular weight excluding hydrogens is 210 g/mol. The number of nitrogens with zero attached hydrogens (tertiary/aromatic N) is 1. The average Bonchev–Trinajstić information content (AvgIpc) is 2.37. The lowest BCUT2D eigenvalue weighted by molar-refractivity contribution is 0.0909. The van der Waals surface area contributed by atoms with E-state index in [-0.39, 0.29) is 0 Å². The van der Waals surface area contributed by atoms with Crippen molar-refractivity contribution in [1.29, 1.82) is 5.26 Å². The van der Waals surface area contributed by atoms with Crippen molar-refractivity contribution in [2.45, 2.75) is 65.7 Å². The van der Waals surface area contributed by atoms with Crippen molar-refractivity contribution in [3.8, 4) is 6.07 Å². The molecule has 2 heteroatoms. The van der Waals surface area contributed by atoms with Gasteiger partial charge in [-0.25, -0.2) is 0 Å². The summed E-state index contributed by atoms with van der Waals surface area (Å²) >= 11 is 0. The van der Waals surface area contributed by atoms with Gasteiger partial charge in [-0.1, -0.05) is 52.9 Å². The first-order valence-corrected chi connectivity index (χ1v) is 7.23. The molecule has 0 rings (SSSR count). The van der Waals surface area contributed by atoms with Crippen LogP contribution < -0.4 is 0 Å². The van der Waals surface area contributed by atoms with E-state index < -0.39 is 0 Å². The smallest absolute Gasteiger partial charge is 0.0645 e. The van der Waals surface area contributed by atoms with Gasteiger partial charge in [-0.2, -0.15) is 5.26 Å². The summed E-state index contributed by atoms with van der Waals surface area (Å²) in [4.78, 5) is 0. The zero-order valence-electron chi connectivity index (χ0n) is 11.9. The van der Waals surface area contributed by atoms with Gasteiger partial charge in [0.1, 0.15) is 0 Å². The highest BCUT2D eigenvalue weighted by atomic mass is 16.5. The van der Waals surface area contributed by atoms with Crippen molar-refractivity contribution in [2.24, 2.45) is 11.8 Å². The van der Waals surface area contributed by atoms with Gasteiger partial charge in [0.15, 0.2) is 0 Å². The number of nitriles is 1. The molecule has 0 aliphatic carbocycles. The fourth-order valence-electron chi connectivity index (χ4n) is 2.17. The van der Waals surface area contributed by atoms with Crippen molar-refractivity contribution in [2.75, 3.05) is 13.2 Å². The van der Waals surface area contributed by atoms with Crippen LogP contribution in [0.4, 0.5) is 0 Å². The Hall–Kier alpha value is -0.550. The van der Waals surface area contributed by atoms with Gasteiger partial charge in [-0.3, -0.25) is 0 Å². The van der Waals surface area contributed by atoms with E-state index in [1.54, 1.807) is 0 Å². The number of rotatable bonds is 11. The molecule has 0 aromatic carbocycles. The molecule has 2 atom stereocenters. The summed E-state index contributed by atoms with van der Waals surface area (Å²) in [7, 11) is 0. The Morgan fingerprint density at radius 1 is 1.12 bits per heavy atom. The van der Waals surface area contributed by atoms with Gasteiger partial charge < -0.3 is 4.74 Å². The van der Waals surface area contributed by atoms with Crippen molar-refractivity contribution < 1.29 is 4.74 Å². The molecule has 0 saturated heterocycles. The lowest BCUT2D eigenvalue weighted by atomic mass is 9.88. The lowest BCUT2D eigenvalue weighted by Crippen LogP contribution is -2.14. The average molecular weight is 239 g/mol. The van der Waals surface area contributed by atoms with Crippen LogP contribution in [0.3, 0.4) is 0 Å². The molecule has 0 aromatic rings. The van der Waals surface area contributed by atoms with E-state index in [4.69, 9.17) is 10.00 Å². The molecule has 0 aliphatic heterocycles. The molecule has 0 aliphatic rings. The van der Waals surface area contributed by atoms with Crippen LogP contribution in [0.5, 0.6) is 0 Å². The van der Waals surface area contributed by atoms with Crippen LogP contribution in [-0.4, -0.2) is 13.2 Å². The Bertz CT molecular complexity index is 198. The van der Waals surface area contributed by atoms with Gasteiger partial charge in [0.25, 0.3) is 0 Å². The molecular formula is C15H29NO. The SMILES string of the molecule is CCCCC(CC)CC(CC)COCCC#N. The molecule has 0 fully saturated rings. The maximum Gasteiger partial charge on any atom is 0.0645 e. The van der Waals surface area contributed by atoms with Crippen LogP contribution in [-0.2, 0) is 4.74 Å². The zero-order valence-corrected chi connectivity index (χ0v) is 11.9. The fourth-order valence-corrected chi connectivity index (χ4v) is 2.17. The summed E-state index contributed by atoms with van der Waals surface area (Å²) in [6, 6.07) is 2.11. The maximum atomic E-state index is 8.44. The normalized spacial score (nSPS) is 14.2. The second kappa shape index (κ2) is 11.9. The van der Waals surface area contributed by atoms with E-state index in [9.17, 15) is 0 Å². The minimum atomic E-state index is 0.517. The Kier molecular flexibility index (Phi) is 11.5. The van der Waals surface area contributed by atoms with Crippen LogP contribution >= 0.6 is 0 Å². The number of unbranched alkanes of at least 4 members (excludes halogenated alkanes) is 1. The van der Waals surface area contributed by atoms with Crippen LogP contribution in [0.1, 0.15) is 65.7 Å². The summed E-state index contributed by atoms with van der Waals surface area (Å²) in [5.41, 5.74) is 0. The summed E-state index contributed by atoms with van der Waals surface area (Å²) in [6.07, 6.45) is 8.30. The van der Waals surface area contributed by atoms with E-state index in [1.807, 2.05) is 0 Å². The number of ether oxygens (including phenoxy) is 1. The van der Waals surface area contributed by atoms with Gasteiger partial charge in [0, 0.05) is 6.61 Å². The Balaban J connectivity index is 3.79. The lowest BCUT2D eigenvalue weighted by Gasteiger charge is -2.21. The first kappa shape index (κ1) is 16.4. The molecule has 2 nitrogen and oxygen atoms in total. The summed E-state index contributed by atoms with van der Waals surface area (Å²) in [6.45, 7) is 8.23. The van der Waals surface area contributed by atoms with Crippen LogP contribution in [0.25, 0.3) is 0 Å².